The minimum Gasteiger partial charge on any atom is -0.443 e. The fourth-order valence-corrected chi connectivity index (χ4v) is 3.97. The highest BCUT2D eigenvalue weighted by atomic mass is 16.6. The summed E-state index contributed by atoms with van der Waals surface area (Å²) < 4.78 is 5.41. The maximum absolute atomic E-state index is 11.2. The number of carbonyl (C=O) groups is 1. The van der Waals surface area contributed by atoms with Crippen LogP contribution in [0.5, 0.6) is 0 Å². The molecule has 3 fully saturated rings. The molecule has 3 nitrogen and oxygen atoms in total. The van der Waals surface area contributed by atoms with Gasteiger partial charge in [0.15, 0.2) is 0 Å². The first-order chi connectivity index (χ1) is 6.47. The van der Waals surface area contributed by atoms with E-state index in [0.717, 1.165) is 0 Å². The molecule has 1 saturated heterocycles. The average molecular weight is 195 g/mol. The lowest BCUT2D eigenvalue weighted by Gasteiger charge is -2.36. The maximum atomic E-state index is 11.2. The van der Waals surface area contributed by atoms with Crippen molar-refractivity contribution in [2.75, 3.05) is 0 Å². The lowest BCUT2D eigenvalue weighted by Crippen LogP contribution is -2.40. The molecule has 2 saturated carbocycles. The minimum atomic E-state index is -0.214. The van der Waals surface area contributed by atoms with Crippen molar-refractivity contribution < 1.29 is 9.53 Å². The SMILES string of the molecule is CC1(C)C2CCC1(C)C1OC(=O)NC21. The monoisotopic (exact) mass is 195 g/mol. The zero-order valence-corrected chi connectivity index (χ0v) is 8.96. The second-order valence-corrected chi connectivity index (χ2v) is 5.78. The van der Waals surface area contributed by atoms with Gasteiger partial charge in [-0.15, -0.1) is 0 Å². The first-order valence-electron chi connectivity index (χ1n) is 5.44. The number of ether oxygens (including phenoxy) is 1. The van der Waals surface area contributed by atoms with Crippen LogP contribution in [0.25, 0.3) is 0 Å². The molecule has 3 heteroatoms. The van der Waals surface area contributed by atoms with E-state index in [9.17, 15) is 4.79 Å². The molecule has 3 rings (SSSR count). The highest BCUT2D eigenvalue weighted by Gasteiger charge is 2.70. The Morgan fingerprint density at radius 1 is 1.43 bits per heavy atom. The number of carbonyl (C=O) groups excluding carboxylic acids is 1. The fraction of sp³-hybridized carbons (Fsp3) is 0.909. The standard InChI is InChI=1S/C11H17NO2/c1-10(2)6-4-5-11(10,3)8-7(6)12-9(13)14-8/h6-8H,4-5H2,1-3H3,(H,12,13). The van der Waals surface area contributed by atoms with Crippen LogP contribution >= 0.6 is 0 Å². The third kappa shape index (κ3) is 0.665. The molecule has 0 aromatic heterocycles. The second kappa shape index (κ2) is 2.10. The van der Waals surface area contributed by atoms with E-state index in [-0.39, 0.29) is 23.7 Å². The van der Waals surface area contributed by atoms with Gasteiger partial charge in [-0.3, -0.25) is 0 Å². The molecule has 0 spiro atoms. The largest absolute Gasteiger partial charge is 0.443 e. The van der Waals surface area contributed by atoms with Crippen LogP contribution in [-0.4, -0.2) is 18.2 Å². The van der Waals surface area contributed by atoms with Crippen molar-refractivity contribution >= 4 is 6.09 Å². The maximum Gasteiger partial charge on any atom is 0.407 e. The lowest BCUT2D eigenvalue weighted by atomic mass is 9.70. The Kier molecular flexibility index (Phi) is 1.28. The predicted molar refractivity (Wildman–Crippen MR) is 51.8 cm³/mol. The smallest absolute Gasteiger partial charge is 0.407 e. The van der Waals surface area contributed by atoms with Crippen molar-refractivity contribution in [3.05, 3.63) is 0 Å². The van der Waals surface area contributed by atoms with Crippen LogP contribution in [0.4, 0.5) is 4.79 Å². The molecule has 0 radical (unpaired) electrons. The quantitative estimate of drug-likeness (QED) is 0.641. The molecule has 1 heterocycles. The van der Waals surface area contributed by atoms with Gasteiger partial charge in [0.05, 0.1) is 6.04 Å². The van der Waals surface area contributed by atoms with Gasteiger partial charge in [-0.1, -0.05) is 20.8 Å². The van der Waals surface area contributed by atoms with Crippen molar-refractivity contribution in [2.24, 2.45) is 16.7 Å². The van der Waals surface area contributed by atoms with Crippen molar-refractivity contribution in [2.45, 2.75) is 45.8 Å². The molecule has 4 atom stereocenters. The third-order valence-electron chi connectivity index (χ3n) is 5.28. The fourth-order valence-electron chi connectivity index (χ4n) is 3.97. The van der Waals surface area contributed by atoms with E-state index < -0.39 is 0 Å². The summed E-state index contributed by atoms with van der Waals surface area (Å²) in [6, 6.07) is 0.274. The van der Waals surface area contributed by atoms with E-state index in [4.69, 9.17) is 4.74 Å². The molecular formula is C11H17NO2. The van der Waals surface area contributed by atoms with Crippen LogP contribution in [0.3, 0.4) is 0 Å². The Labute approximate surface area is 84.2 Å². The lowest BCUT2D eigenvalue weighted by molar-refractivity contribution is 0.0144. The molecule has 2 bridgehead atoms. The van der Waals surface area contributed by atoms with Crippen LogP contribution in [-0.2, 0) is 4.74 Å². The zero-order valence-electron chi connectivity index (χ0n) is 8.96. The average Bonchev–Trinajstić information content (AvgIpc) is 2.59. The molecule has 4 unspecified atom stereocenters. The van der Waals surface area contributed by atoms with Gasteiger partial charge in [0.1, 0.15) is 6.10 Å². The highest BCUT2D eigenvalue weighted by molar-refractivity contribution is 5.71. The molecule has 14 heavy (non-hydrogen) atoms. The van der Waals surface area contributed by atoms with E-state index in [1.165, 1.54) is 12.8 Å². The molecule has 0 aromatic carbocycles. The number of hydrogen-bond donors (Lipinski definition) is 1. The van der Waals surface area contributed by atoms with Gasteiger partial charge in [-0.05, 0) is 24.2 Å². The number of alkyl carbamates (subject to hydrolysis) is 1. The molecule has 1 N–H and O–H groups in total. The number of rotatable bonds is 0. The van der Waals surface area contributed by atoms with Gasteiger partial charge in [0.25, 0.3) is 0 Å². The Balaban J connectivity index is 2.06. The number of hydrogen-bond acceptors (Lipinski definition) is 2. The molecule has 3 aliphatic rings. The van der Waals surface area contributed by atoms with Gasteiger partial charge in [-0.25, -0.2) is 4.79 Å². The first-order valence-corrected chi connectivity index (χ1v) is 5.44. The molecule has 78 valence electrons. The topological polar surface area (TPSA) is 38.3 Å². The van der Waals surface area contributed by atoms with Crippen molar-refractivity contribution in [3.63, 3.8) is 0 Å². The summed E-state index contributed by atoms with van der Waals surface area (Å²) in [5.41, 5.74) is 0.484. The molecule has 2 aliphatic carbocycles. The van der Waals surface area contributed by atoms with Crippen molar-refractivity contribution in [1.29, 1.82) is 0 Å². The Bertz CT molecular complexity index is 312. The summed E-state index contributed by atoms with van der Waals surface area (Å²) in [5.74, 6) is 0.601. The van der Waals surface area contributed by atoms with Crippen LogP contribution < -0.4 is 5.32 Å². The van der Waals surface area contributed by atoms with E-state index >= 15 is 0 Å². The summed E-state index contributed by atoms with van der Waals surface area (Å²) >= 11 is 0. The normalized spacial score (nSPS) is 52.8. The van der Waals surface area contributed by atoms with Crippen molar-refractivity contribution in [3.8, 4) is 0 Å². The van der Waals surface area contributed by atoms with Gasteiger partial charge < -0.3 is 10.1 Å². The zero-order chi connectivity index (χ0) is 10.1. The van der Waals surface area contributed by atoms with Crippen LogP contribution in [0, 0.1) is 16.7 Å². The van der Waals surface area contributed by atoms with E-state index in [1.54, 1.807) is 0 Å². The number of amides is 1. The first kappa shape index (κ1) is 8.57. The van der Waals surface area contributed by atoms with Crippen LogP contribution in [0.1, 0.15) is 33.6 Å². The summed E-state index contributed by atoms with van der Waals surface area (Å²) in [4.78, 5) is 11.2. The predicted octanol–water partition coefficient (Wildman–Crippen LogP) is 1.92. The number of nitrogens with one attached hydrogen (secondary N) is 1. The Morgan fingerprint density at radius 2 is 2.14 bits per heavy atom. The van der Waals surface area contributed by atoms with Crippen LogP contribution in [0.2, 0.25) is 0 Å². The van der Waals surface area contributed by atoms with Crippen LogP contribution in [0.15, 0.2) is 0 Å². The van der Waals surface area contributed by atoms with E-state index in [1.807, 2.05) is 0 Å². The summed E-state index contributed by atoms with van der Waals surface area (Å²) in [6.45, 7) is 6.91. The molecule has 1 aliphatic heterocycles. The minimum absolute atomic E-state index is 0.115. The third-order valence-corrected chi connectivity index (χ3v) is 5.28. The highest BCUT2D eigenvalue weighted by Crippen LogP contribution is 2.67. The van der Waals surface area contributed by atoms with Gasteiger partial charge in [-0.2, -0.15) is 0 Å². The molecular weight excluding hydrogens is 178 g/mol. The summed E-state index contributed by atoms with van der Waals surface area (Å²) in [7, 11) is 0. The Hall–Kier alpha value is -0.730. The van der Waals surface area contributed by atoms with E-state index in [2.05, 4.69) is 26.1 Å². The molecule has 0 aromatic rings. The van der Waals surface area contributed by atoms with Gasteiger partial charge >= 0.3 is 6.09 Å². The molecule has 1 amide bonds. The van der Waals surface area contributed by atoms with Gasteiger partial charge in [0.2, 0.25) is 0 Å². The van der Waals surface area contributed by atoms with Gasteiger partial charge in [0, 0.05) is 5.41 Å². The summed E-state index contributed by atoms with van der Waals surface area (Å²) in [6.07, 6.45) is 2.33. The summed E-state index contributed by atoms with van der Waals surface area (Å²) in [5, 5.41) is 2.97. The Morgan fingerprint density at radius 3 is 2.79 bits per heavy atom. The van der Waals surface area contributed by atoms with E-state index in [0.29, 0.717) is 11.3 Å². The second-order valence-electron chi connectivity index (χ2n) is 5.78. The number of fused-ring (bicyclic) bond motifs is 5. The van der Waals surface area contributed by atoms with Crippen molar-refractivity contribution in [1.82, 2.24) is 5.32 Å².